The van der Waals surface area contributed by atoms with E-state index in [1.54, 1.807) is 18.8 Å². The van der Waals surface area contributed by atoms with E-state index in [1.165, 1.54) is 0 Å². The van der Waals surface area contributed by atoms with Gasteiger partial charge in [-0.3, -0.25) is 9.59 Å². The lowest BCUT2D eigenvalue weighted by atomic mass is 9.96. The molecule has 148 valence electrons. The third-order valence-corrected chi connectivity index (χ3v) is 5.92. The van der Waals surface area contributed by atoms with E-state index in [0.717, 1.165) is 28.0 Å². The van der Waals surface area contributed by atoms with Crippen molar-refractivity contribution in [2.45, 2.75) is 18.4 Å². The number of carbonyl (C=O) groups excluding carboxylic acids is 1. The lowest BCUT2D eigenvalue weighted by Crippen LogP contribution is -2.44. The Balaban J connectivity index is 1.77. The highest BCUT2D eigenvalue weighted by molar-refractivity contribution is 7.98. The fraction of sp³-hybridized carbons (Fsp3) is 0.364. The highest BCUT2D eigenvalue weighted by Gasteiger charge is 2.36. The Bertz CT molecular complexity index is 808. The Morgan fingerprint density at radius 1 is 1.11 bits per heavy atom. The highest BCUT2D eigenvalue weighted by Crippen LogP contribution is 2.44. The molecule has 6 heteroatoms. The quantitative estimate of drug-likeness (QED) is 0.497. The van der Waals surface area contributed by atoms with Crippen LogP contribution in [0.5, 0.6) is 0 Å². The molecule has 0 spiro atoms. The first-order valence-electron chi connectivity index (χ1n) is 9.32. The second-order valence-corrected chi connectivity index (χ2v) is 7.84. The average Bonchev–Trinajstić information content (AvgIpc) is 3.03. The molecule has 0 fully saturated rings. The number of aliphatic carboxylic acids is 1. The van der Waals surface area contributed by atoms with Gasteiger partial charge >= 0.3 is 11.9 Å². The zero-order chi connectivity index (χ0) is 20.1. The van der Waals surface area contributed by atoms with Gasteiger partial charge < -0.3 is 15.2 Å². The van der Waals surface area contributed by atoms with Gasteiger partial charge in [0, 0.05) is 12.0 Å². The fourth-order valence-corrected chi connectivity index (χ4v) is 4.34. The minimum Gasteiger partial charge on any atom is -0.481 e. The number of thioether (sulfide) groups is 1. The number of ether oxygens (including phenoxy) is 1. The van der Waals surface area contributed by atoms with Crippen LogP contribution in [0.1, 0.15) is 23.5 Å². The molecule has 2 aromatic carbocycles. The number of nitrogens with one attached hydrogen (secondary N) is 1. The van der Waals surface area contributed by atoms with Crippen molar-refractivity contribution < 1.29 is 19.4 Å². The summed E-state index contributed by atoms with van der Waals surface area (Å²) < 4.78 is 5.56. The van der Waals surface area contributed by atoms with Gasteiger partial charge in [-0.2, -0.15) is 11.8 Å². The first-order valence-corrected chi connectivity index (χ1v) is 10.7. The monoisotopic (exact) mass is 399 g/mol. The molecule has 0 bridgehead atoms. The summed E-state index contributed by atoms with van der Waals surface area (Å²) in [6.07, 6.45) is 2.54. The van der Waals surface area contributed by atoms with Crippen LogP contribution in [0.4, 0.5) is 0 Å². The summed E-state index contributed by atoms with van der Waals surface area (Å²) in [6, 6.07) is 15.7. The Morgan fingerprint density at radius 2 is 1.68 bits per heavy atom. The van der Waals surface area contributed by atoms with Crippen LogP contribution in [-0.4, -0.2) is 48.8 Å². The van der Waals surface area contributed by atoms with E-state index in [2.05, 4.69) is 17.4 Å². The third-order valence-electron chi connectivity index (χ3n) is 5.28. The summed E-state index contributed by atoms with van der Waals surface area (Å²) in [5, 5.41) is 12.6. The summed E-state index contributed by atoms with van der Waals surface area (Å²) in [6.45, 7) is 0.135. The molecule has 2 N–H and O–H groups in total. The minimum absolute atomic E-state index is 0.0787. The third kappa shape index (κ3) is 4.08. The van der Waals surface area contributed by atoms with E-state index in [1.807, 2.05) is 42.7 Å². The molecule has 1 unspecified atom stereocenters. The molecular formula is C22H25NO4S. The van der Waals surface area contributed by atoms with Gasteiger partial charge in [0.25, 0.3) is 0 Å². The number of rotatable bonds is 9. The van der Waals surface area contributed by atoms with E-state index in [0.29, 0.717) is 6.42 Å². The maximum absolute atomic E-state index is 12.7. The van der Waals surface area contributed by atoms with Crippen molar-refractivity contribution in [2.75, 3.05) is 25.7 Å². The standard InChI is InChI=1S/C22H25NO4S/c1-23-19(11-12-28-2)20(21(24)25)22(26)27-13-18-16-9-5-3-7-14(16)15-8-4-6-10-17(15)18/h3-10,18-20,23H,11-13H2,1-2H3,(H,24,25)/t19-,20?/m1/s1. The molecule has 1 aliphatic carbocycles. The van der Waals surface area contributed by atoms with Crippen LogP contribution < -0.4 is 5.32 Å². The van der Waals surface area contributed by atoms with Crippen molar-refractivity contribution in [1.29, 1.82) is 0 Å². The lowest BCUT2D eigenvalue weighted by molar-refractivity contribution is -0.160. The number of carboxylic acid groups (broad SMARTS) is 1. The van der Waals surface area contributed by atoms with Crippen LogP contribution in [0, 0.1) is 5.92 Å². The number of hydrogen-bond acceptors (Lipinski definition) is 5. The molecule has 3 rings (SSSR count). The summed E-state index contributed by atoms with van der Waals surface area (Å²) in [5.74, 6) is -2.37. The van der Waals surface area contributed by atoms with Crippen LogP contribution in [0.2, 0.25) is 0 Å². The molecule has 0 aromatic heterocycles. The number of fused-ring (bicyclic) bond motifs is 3. The molecule has 2 aromatic rings. The van der Waals surface area contributed by atoms with Gasteiger partial charge in [0.05, 0.1) is 0 Å². The first-order chi connectivity index (χ1) is 13.6. The van der Waals surface area contributed by atoms with Gasteiger partial charge in [-0.05, 0) is 47.7 Å². The number of carboxylic acids is 1. The van der Waals surface area contributed by atoms with E-state index >= 15 is 0 Å². The number of benzene rings is 2. The predicted molar refractivity (Wildman–Crippen MR) is 112 cm³/mol. The topological polar surface area (TPSA) is 75.6 Å². The van der Waals surface area contributed by atoms with Gasteiger partial charge in [-0.15, -0.1) is 0 Å². The van der Waals surface area contributed by atoms with Crippen LogP contribution in [-0.2, 0) is 14.3 Å². The molecule has 28 heavy (non-hydrogen) atoms. The summed E-state index contributed by atoms with van der Waals surface area (Å²) >= 11 is 1.62. The van der Waals surface area contributed by atoms with Gasteiger partial charge in [-0.25, -0.2) is 0 Å². The summed E-state index contributed by atoms with van der Waals surface area (Å²) in [4.78, 5) is 24.4. The highest BCUT2D eigenvalue weighted by atomic mass is 32.2. The maximum Gasteiger partial charge on any atom is 0.321 e. The minimum atomic E-state index is -1.22. The predicted octanol–water partition coefficient (Wildman–Crippen LogP) is 3.38. The molecule has 0 saturated carbocycles. The second kappa shape index (κ2) is 9.26. The van der Waals surface area contributed by atoms with E-state index < -0.39 is 23.9 Å². The molecule has 0 radical (unpaired) electrons. The molecule has 0 aliphatic heterocycles. The molecular weight excluding hydrogens is 374 g/mol. The van der Waals surface area contributed by atoms with Crippen LogP contribution in [0.3, 0.4) is 0 Å². The fourth-order valence-electron chi connectivity index (χ4n) is 3.85. The normalized spacial score (nSPS) is 14.8. The van der Waals surface area contributed by atoms with E-state index in [9.17, 15) is 14.7 Å². The summed E-state index contributed by atoms with van der Waals surface area (Å²) in [7, 11) is 1.68. The Morgan fingerprint density at radius 3 is 2.18 bits per heavy atom. The second-order valence-electron chi connectivity index (χ2n) is 6.85. The van der Waals surface area contributed by atoms with Crippen molar-refractivity contribution in [3.05, 3.63) is 59.7 Å². The van der Waals surface area contributed by atoms with Crippen LogP contribution in [0.15, 0.2) is 48.5 Å². The van der Waals surface area contributed by atoms with Crippen molar-refractivity contribution in [2.24, 2.45) is 5.92 Å². The SMILES string of the molecule is CN[C@H](CCSC)C(C(=O)O)C(=O)OCC1c2ccccc2-c2ccccc21. The Labute approximate surface area is 169 Å². The lowest BCUT2D eigenvalue weighted by Gasteiger charge is -2.23. The number of hydrogen-bond donors (Lipinski definition) is 2. The van der Waals surface area contributed by atoms with Gasteiger partial charge in [-0.1, -0.05) is 48.5 Å². The van der Waals surface area contributed by atoms with Crippen molar-refractivity contribution >= 4 is 23.7 Å². The molecule has 0 saturated heterocycles. The first kappa shape index (κ1) is 20.4. The average molecular weight is 400 g/mol. The van der Waals surface area contributed by atoms with Crippen molar-refractivity contribution in [1.82, 2.24) is 5.32 Å². The molecule has 0 amide bonds. The smallest absolute Gasteiger partial charge is 0.321 e. The van der Waals surface area contributed by atoms with Gasteiger partial charge in [0.15, 0.2) is 5.92 Å². The van der Waals surface area contributed by atoms with Crippen LogP contribution in [0.25, 0.3) is 11.1 Å². The Hall–Kier alpha value is -2.31. The molecule has 5 nitrogen and oxygen atoms in total. The summed E-state index contributed by atoms with van der Waals surface area (Å²) in [5.41, 5.74) is 4.50. The van der Waals surface area contributed by atoms with E-state index in [-0.39, 0.29) is 12.5 Å². The zero-order valence-corrected chi connectivity index (χ0v) is 16.9. The van der Waals surface area contributed by atoms with Crippen LogP contribution >= 0.6 is 11.8 Å². The van der Waals surface area contributed by atoms with Gasteiger partial charge in [0.1, 0.15) is 6.61 Å². The molecule has 0 heterocycles. The maximum atomic E-state index is 12.7. The Kier molecular flexibility index (Phi) is 6.75. The zero-order valence-electron chi connectivity index (χ0n) is 16.1. The largest absolute Gasteiger partial charge is 0.481 e. The van der Waals surface area contributed by atoms with Crippen molar-refractivity contribution in [3.63, 3.8) is 0 Å². The molecule has 1 aliphatic rings. The van der Waals surface area contributed by atoms with Gasteiger partial charge in [0.2, 0.25) is 0 Å². The molecule has 2 atom stereocenters. The van der Waals surface area contributed by atoms with Crippen molar-refractivity contribution in [3.8, 4) is 11.1 Å². The van der Waals surface area contributed by atoms with E-state index in [4.69, 9.17) is 4.74 Å². The number of esters is 1. The number of carbonyl (C=O) groups is 2.